The van der Waals surface area contributed by atoms with Gasteiger partial charge in [-0.15, -0.1) is 0 Å². The second-order valence-corrected chi connectivity index (χ2v) is 4.79. The lowest BCUT2D eigenvalue weighted by Gasteiger charge is -2.24. The zero-order valence-corrected chi connectivity index (χ0v) is 10.1. The van der Waals surface area contributed by atoms with Crippen molar-refractivity contribution in [3.05, 3.63) is 34.3 Å². The topological polar surface area (TPSA) is 3.24 Å². The van der Waals surface area contributed by atoms with Crippen LogP contribution in [0.4, 0.5) is 0 Å². The zero-order valence-electron chi connectivity index (χ0n) is 8.54. The van der Waals surface area contributed by atoms with Crippen LogP contribution in [0.5, 0.6) is 0 Å². The first kappa shape index (κ1) is 10.2. The van der Waals surface area contributed by atoms with Crippen LogP contribution < -0.4 is 0 Å². The van der Waals surface area contributed by atoms with E-state index in [0.29, 0.717) is 6.04 Å². The van der Waals surface area contributed by atoms with Crippen molar-refractivity contribution in [1.29, 1.82) is 0 Å². The molecule has 1 aromatic carbocycles. The molecule has 0 saturated carbocycles. The van der Waals surface area contributed by atoms with E-state index < -0.39 is 0 Å². The van der Waals surface area contributed by atoms with Crippen LogP contribution in [0.15, 0.2) is 28.7 Å². The van der Waals surface area contributed by atoms with Gasteiger partial charge >= 0.3 is 0 Å². The number of hydrogen-bond acceptors (Lipinski definition) is 1. The number of hydrogen-bond donors (Lipinski definition) is 0. The average Bonchev–Trinajstić information content (AvgIpc) is 2.70. The Balaban J connectivity index is 2.17. The van der Waals surface area contributed by atoms with Crippen LogP contribution in [0.25, 0.3) is 0 Å². The lowest BCUT2D eigenvalue weighted by atomic mass is 10.1. The molecule has 1 nitrogen and oxygen atoms in total. The molecule has 2 heteroatoms. The van der Waals surface area contributed by atoms with Crippen LogP contribution in [0, 0.1) is 0 Å². The molecule has 1 aromatic rings. The van der Waals surface area contributed by atoms with Crippen LogP contribution in [-0.2, 0) is 0 Å². The van der Waals surface area contributed by atoms with Crippen LogP contribution >= 0.6 is 15.9 Å². The first-order chi connectivity index (χ1) is 6.79. The summed E-state index contributed by atoms with van der Waals surface area (Å²) in [6.07, 6.45) is 2.71. The van der Waals surface area contributed by atoms with Crippen molar-refractivity contribution in [1.82, 2.24) is 4.90 Å². The van der Waals surface area contributed by atoms with Crippen molar-refractivity contribution in [2.75, 3.05) is 13.1 Å². The van der Waals surface area contributed by atoms with Crippen LogP contribution in [0.2, 0.25) is 0 Å². The summed E-state index contributed by atoms with van der Waals surface area (Å²) in [5.74, 6) is 0. The number of rotatable bonds is 2. The molecule has 1 saturated heterocycles. The van der Waals surface area contributed by atoms with Gasteiger partial charge in [0.2, 0.25) is 0 Å². The summed E-state index contributed by atoms with van der Waals surface area (Å²) in [5, 5.41) is 0. The molecule has 0 aliphatic carbocycles. The van der Waals surface area contributed by atoms with Gasteiger partial charge in [0, 0.05) is 10.5 Å². The minimum atomic E-state index is 0.549. The smallest absolute Gasteiger partial charge is 0.0331 e. The molecule has 1 fully saturated rings. The average molecular weight is 254 g/mol. The predicted octanol–water partition coefficient (Wildman–Crippen LogP) is 3.61. The molecule has 0 N–H and O–H groups in total. The molecule has 0 amide bonds. The molecule has 1 aliphatic rings. The summed E-state index contributed by atoms with van der Waals surface area (Å²) in [5.41, 5.74) is 1.41. The third-order valence-corrected chi connectivity index (χ3v) is 3.77. The third kappa shape index (κ3) is 2.01. The van der Waals surface area contributed by atoms with Gasteiger partial charge in [-0.25, -0.2) is 0 Å². The van der Waals surface area contributed by atoms with Gasteiger partial charge in [-0.05, 0) is 44.5 Å². The van der Waals surface area contributed by atoms with Gasteiger partial charge in [0.15, 0.2) is 0 Å². The van der Waals surface area contributed by atoms with Crippen molar-refractivity contribution in [3.8, 4) is 0 Å². The minimum absolute atomic E-state index is 0.549. The van der Waals surface area contributed by atoms with Crippen LogP contribution in [-0.4, -0.2) is 18.0 Å². The molecule has 0 aromatic heterocycles. The van der Waals surface area contributed by atoms with Gasteiger partial charge in [-0.3, -0.25) is 4.90 Å². The zero-order chi connectivity index (χ0) is 9.97. The SMILES string of the molecule is CC(c1ccccc1Br)N1CCCC1. The normalized spacial score (nSPS) is 19.9. The highest BCUT2D eigenvalue weighted by molar-refractivity contribution is 9.10. The first-order valence-electron chi connectivity index (χ1n) is 5.27. The molecule has 14 heavy (non-hydrogen) atoms. The molecule has 76 valence electrons. The molecule has 1 aliphatic heterocycles. The summed E-state index contributed by atoms with van der Waals surface area (Å²) in [6, 6.07) is 9.08. The fourth-order valence-corrected chi connectivity index (χ4v) is 2.76. The summed E-state index contributed by atoms with van der Waals surface area (Å²) in [7, 11) is 0. The maximum atomic E-state index is 3.62. The summed E-state index contributed by atoms with van der Waals surface area (Å²) >= 11 is 3.62. The molecular weight excluding hydrogens is 238 g/mol. The largest absolute Gasteiger partial charge is 0.297 e. The molecular formula is C12H16BrN. The Kier molecular flexibility index (Phi) is 3.24. The third-order valence-electron chi connectivity index (χ3n) is 3.04. The molecule has 0 radical (unpaired) electrons. The van der Waals surface area contributed by atoms with E-state index in [1.165, 1.54) is 36.0 Å². The number of likely N-dealkylation sites (tertiary alicyclic amines) is 1. The van der Waals surface area contributed by atoms with E-state index in [1.807, 2.05) is 0 Å². The Hall–Kier alpha value is -0.340. The first-order valence-corrected chi connectivity index (χ1v) is 6.07. The van der Waals surface area contributed by atoms with E-state index >= 15 is 0 Å². The van der Waals surface area contributed by atoms with Crippen molar-refractivity contribution in [3.63, 3.8) is 0 Å². The fourth-order valence-electron chi connectivity index (χ4n) is 2.14. The van der Waals surface area contributed by atoms with Crippen molar-refractivity contribution in [2.45, 2.75) is 25.8 Å². The Bertz CT molecular complexity index is 305. The van der Waals surface area contributed by atoms with E-state index in [1.54, 1.807) is 0 Å². The minimum Gasteiger partial charge on any atom is -0.297 e. The van der Waals surface area contributed by atoms with Gasteiger partial charge in [-0.2, -0.15) is 0 Å². The molecule has 0 spiro atoms. The van der Waals surface area contributed by atoms with Crippen molar-refractivity contribution < 1.29 is 0 Å². The highest BCUT2D eigenvalue weighted by atomic mass is 79.9. The van der Waals surface area contributed by atoms with Gasteiger partial charge < -0.3 is 0 Å². The Labute approximate surface area is 94.2 Å². The number of benzene rings is 1. The van der Waals surface area contributed by atoms with Gasteiger partial charge in [-0.1, -0.05) is 34.1 Å². The van der Waals surface area contributed by atoms with E-state index in [0.717, 1.165) is 0 Å². The Morgan fingerprint density at radius 1 is 1.21 bits per heavy atom. The van der Waals surface area contributed by atoms with Gasteiger partial charge in [0.05, 0.1) is 0 Å². The molecule has 2 rings (SSSR count). The van der Waals surface area contributed by atoms with Crippen molar-refractivity contribution >= 4 is 15.9 Å². The summed E-state index contributed by atoms with van der Waals surface area (Å²) in [6.45, 7) is 4.80. The van der Waals surface area contributed by atoms with E-state index in [-0.39, 0.29) is 0 Å². The predicted molar refractivity (Wildman–Crippen MR) is 63.4 cm³/mol. The fraction of sp³-hybridized carbons (Fsp3) is 0.500. The number of halogens is 1. The number of nitrogens with zero attached hydrogens (tertiary/aromatic N) is 1. The Morgan fingerprint density at radius 2 is 1.86 bits per heavy atom. The monoisotopic (exact) mass is 253 g/mol. The highest BCUT2D eigenvalue weighted by Gasteiger charge is 2.20. The van der Waals surface area contributed by atoms with Crippen molar-refractivity contribution in [2.24, 2.45) is 0 Å². The van der Waals surface area contributed by atoms with Gasteiger partial charge in [0.1, 0.15) is 0 Å². The lowest BCUT2D eigenvalue weighted by Crippen LogP contribution is -2.23. The lowest BCUT2D eigenvalue weighted by molar-refractivity contribution is 0.262. The Morgan fingerprint density at radius 3 is 2.50 bits per heavy atom. The highest BCUT2D eigenvalue weighted by Crippen LogP contribution is 2.29. The standard InChI is InChI=1S/C12H16BrN/c1-10(14-8-4-5-9-14)11-6-2-3-7-12(11)13/h2-3,6-7,10H,4-5,8-9H2,1H3. The summed E-state index contributed by atoms with van der Waals surface area (Å²) < 4.78 is 1.24. The second-order valence-electron chi connectivity index (χ2n) is 3.94. The van der Waals surface area contributed by atoms with Gasteiger partial charge in [0.25, 0.3) is 0 Å². The second kappa shape index (κ2) is 4.45. The molecule has 1 heterocycles. The van der Waals surface area contributed by atoms with Crippen LogP contribution in [0.3, 0.4) is 0 Å². The maximum Gasteiger partial charge on any atom is 0.0331 e. The van der Waals surface area contributed by atoms with E-state index in [2.05, 4.69) is 52.0 Å². The van der Waals surface area contributed by atoms with E-state index in [9.17, 15) is 0 Å². The summed E-state index contributed by atoms with van der Waals surface area (Å²) in [4.78, 5) is 2.56. The quantitative estimate of drug-likeness (QED) is 0.779. The molecule has 1 atom stereocenters. The van der Waals surface area contributed by atoms with E-state index in [4.69, 9.17) is 0 Å². The maximum absolute atomic E-state index is 3.62. The molecule has 1 unspecified atom stereocenters. The van der Waals surface area contributed by atoms with Crippen LogP contribution in [0.1, 0.15) is 31.4 Å². The molecule has 0 bridgehead atoms.